The van der Waals surface area contributed by atoms with Crippen LogP contribution >= 0.6 is 23.2 Å². The van der Waals surface area contributed by atoms with Gasteiger partial charge in [-0.25, -0.2) is 4.79 Å². The number of hydrogen-bond donors (Lipinski definition) is 3. The quantitative estimate of drug-likeness (QED) is 0.325. The molecule has 0 atom stereocenters. The predicted molar refractivity (Wildman–Crippen MR) is 114 cm³/mol. The molecule has 0 radical (unpaired) electrons. The van der Waals surface area contributed by atoms with Crippen molar-refractivity contribution in [2.24, 2.45) is 10.9 Å². The number of carbonyl (C=O) groups excluding carboxylic acids is 2. The van der Waals surface area contributed by atoms with Crippen molar-refractivity contribution in [3.8, 4) is 0 Å². The number of nitrogens with one attached hydrogen (secondary N) is 2. The zero-order valence-electron chi connectivity index (χ0n) is 16.0. The minimum atomic E-state index is -0.397. The fourth-order valence-electron chi connectivity index (χ4n) is 3.04. The maximum absolute atomic E-state index is 12.2. The molecule has 0 bridgehead atoms. The molecule has 2 amide bonds. The summed E-state index contributed by atoms with van der Waals surface area (Å²) in [6.45, 7) is 1.12. The summed E-state index contributed by atoms with van der Waals surface area (Å²) in [6, 6.07) is 5.05. The van der Waals surface area contributed by atoms with Gasteiger partial charge in [-0.1, -0.05) is 23.2 Å². The topological polar surface area (TPSA) is 121 Å². The molecule has 10 heteroatoms. The first-order valence-corrected chi connectivity index (χ1v) is 10.1. The van der Waals surface area contributed by atoms with E-state index >= 15 is 0 Å². The van der Waals surface area contributed by atoms with Gasteiger partial charge in [-0.2, -0.15) is 5.10 Å². The molecule has 158 valence electrons. The lowest BCUT2D eigenvalue weighted by Crippen LogP contribution is -2.46. The average molecular weight is 442 g/mol. The minimum absolute atomic E-state index is 0.0312. The van der Waals surface area contributed by atoms with E-state index in [2.05, 4.69) is 10.4 Å². The monoisotopic (exact) mass is 441 g/mol. The number of hydrazone groups is 1. The highest BCUT2D eigenvalue weighted by Crippen LogP contribution is 2.20. The van der Waals surface area contributed by atoms with Crippen LogP contribution in [0.15, 0.2) is 23.3 Å². The fourth-order valence-corrected chi connectivity index (χ4v) is 3.61. The molecule has 4 N–H and O–H groups in total. The van der Waals surface area contributed by atoms with Crippen LogP contribution in [0.25, 0.3) is 0 Å². The number of piperidine rings is 1. The van der Waals surface area contributed by atoms with Crippen LogP contribution in [0.1, 0.15) is 37.7 Å². The van der Waals surface area contributed by atoms with Gasteiger partial charge in [-0.05, 0) is 49.4 Å². The normalized spacial score (nSPS) is 15.1. The van der Waals surface area contributed by atoms with E-state index in [1.54, 1.807) is 23.1 Å². The summed E-state index contributed by atoms with van der Waals surface area (Å²) < 4.78 is 5.33. The molecule has 1 aliphatic heterocycles. The molecule has 1 fully saturated rings. The summed E-state index contributed by atoms with van der Waals surface area (Å²) in [5.74, 6) is 5.09. The van der Waals surface area contributed by atoms with Crippen LogP contribution < -0.4 is 11.2 Å². The molecule has 0 saturated carbocycles. The number of rotatable bonds is 8. The molecule has 1 aromatic carbocycles. The van der Waals surface area contributed by atoms with Gasteiger partial charge in [-0.3, -0.25) is 4.79 Å². The maximum Gasteiger partial charge on any atom is 0.410 e. The Labute approximate surface area is 179 Å². The highest BCUT2D eigenvalue weighted by Gasteiger charge is 2.24. The second-order valence-electron chi connectivity index (χ2n) is 6.78. The van der Waals surface area contributed by atoms with Crippen LogP contribution in [0.3, 0.4) is 0 Å². The van der Waals surface area contributed by atoms with Gasteiger partial charge in [0.1, 0.15) is 6.61 Å². The molecular formula is C19H25Cl2N5O3. The largest absolute Gasteiger partial charge is 0.445 e. The first-order chi connectivity index (χ1) is 13.9. The van der Waals surface area contributed by atoms with E-state index in [1.165, 1.54) is 0 Å². The molecule has 0 unspecified atom stereocenters. The second-order valence-corrected chi connectivity index (χ2v) is 7.65. The average Bonchev–Trinajstić information content (AvgIpc) is 2.69. The Morgan fingerprint density at radius 3 is 2.48 bits per heavy atom. The number of ether oxygens (including phenoxy) is 1. The third-order valence-corrected chi connectivity index (χ3v) is 5.01. The van der Waals surface area contributed by atoms with Crippen molar-refractivity contribution < 1.29 is 14.3 Å². The van der Waals surface area contributed by atoms with E-state index in [-0.39, 0.29) is 18.6 Å². The second kappa shape index (κ2) is 11.6. The molecule has 0 aromatic heterocycles. The Kier molecular flexibility index (Phi) is 9.21. The highest BCUT2D eigenvalue weighted by atomic mass is 35.5. The van der Waals surface area contributed by atoms with Crippen molar-refractivity contribution in [3.63, 3.8) is 0 Å². The number of nitrogens with zero attached hydrogens (tertiary/aromatic N) is 2. The van der Waals surface area contributed by atoms with Crippen LogP contribution in [0.2, 0.25) is 10.0 Å². The van der Waals surface area contributed by atoms with Gasteiger partial charge in [0.2, 0.25) is 5.91 Å². The number of benzene rings is 1. The third-order valence-electron chi connectivity index (χ3n) is 4.57. The highest BCUT2D eigenvalue weighted by molar-refractivity contribution is 6.34. The summed E-state index contributed by atoms with van der Waals surface area (Å²) in [5.41, 5.74) is 1.19. The van der Waals surface area contributed by atoms with E-state index in [4.69, 9.17) is 39.2 Å². The molecule has 2 rings (SSSR count). The summed E-state index contributed by atoms with van der Waals surface area (Å²) >= 11 is 11.9. The number of amides is 2. The van der Waals surface area contributed by atoms with Crippen molar-refractivity contribution in [2.45, 2.75) is 44.8 Å². The molecule has 1 aromatic rings. The van der Waals surface area contributed by atoms with Crippen LogP contribution in [0.5, 0.6) is 0 Å². The number of nitrogens with two attached hydrogens (primary N) is 1. The standard InChI is InChI=1S/C19H25Cl2N5O3/c20-14-8-13(9-15(21)10-14)12-29-19(28)26-6-4-16(5-7-26)24-18(27)3-1-2-17(11-22)25-23/h8-11,16,22H,1-7,12,23H2,(H,24,27). The van der Waals surface area contributed by atoms with Gasteiger partial charge < -0.3 is 26.2 Å². The molecular weight excluding hydrogens is 417 g/mol. The summed E-state index contributed by atoms with van der Waals surface area (Å²) in [5, 5.41) is 14.5. The fraction of sp³-hybridized carbons (Fsp3) is 0.474. The first-order valence-electron chi connectivity index (χ1n) is 9.34. The number of hydrogen-bond acceptors (Lipinski definition) is 6. The van der Waals surface area contributed by atoms with E-state index < -0.39 is 6.09 Å². The zero-order valence-corrected chi connectivity index (χ0v) is 17.5. The zero-order chi connectivity index (χ0) is 21.2. The summed E-state index contributed by atoms with van der Waals surface area (Å²) in [7, 11) is 0. The lowest BCUT2D eigenvalue weighted by atomic mass is 10.0. The van der Waals surface area contributed by atoms with Gasteiger partial charge in [0.25, 0.3) is 0 Å². The maximum atomic E-state index is 12.2. The van der Waals surface area contributed by atoms with Crippen molar-refractivity contribution >= 4 is 47.1 Å². The SMILES string of the molecule is N=CC(CCCC(=O)NC1CCN(C(=O)OCc2cc(Cl)cc(Cl)c2)CC1)=NN. The molecule has 29 heavy (non-hydrogen) atoms. The van der Waals surface area contributed by atoms with Crippen molar-refractivity contribution in [2.75, 3.05) is 13.1 Å². The van der Waals surface area contributed by atoms with Gasteiger partial charge in [0, 0.05) is 41.8 Å². The molecule has 1 aliphatic rings. The summed E-state index contributed by atoms with van der Waals surface area (Å²) in [6.07, 6.45) is 3.45. The van der Waals surface area contributed by atoms with Gasteiger partial charge in [0.05, 0.1) is 5.71 Å². The van der Waals surface area contributed by atoms with Crippen LogP contribution in [0.4, 0.5) is 4.79 Å². The van der Waals surface area contributed by atoms with E-state index in [1.807, 2.05) is 0 Å². The first kappa shape index (κ1) is 23.0. The molecule has 0 aliphatic carbocycles. The molecule has 8 nitrogen and oxygen atoms in total. The van der Waals surface area contributed by atoms with E-state index in [0.29, 0.717) is 61.0 Å². The van der Waals surface area contributed by atoms with Crippen molar-refractivity contribution in [3.05, 3.63) is 33.8 Å². The Hall–Kier alpha value is -2.32. The lowest BCUT2D eigenvalue weighted by molar-refractivity contribution is -0.122. The predicted octanol–water partition coefficient (Wildman–Crippen LogP) is 3.35. The molecule has 0 spiro atoms. The van der Waals surface area contributed by atoms with Crippen molar-refractivity contribution in [1.29, 1.82) is 5.41 Å². The molecule has 1 saturated heterocycles. The lowest BCUT2D eigenvalue weighted by Gasteiger charge is -2.31. The van der Waals surface area contributed by atoms with Crippen LogP contribution in [-0.4, -0.2) is 48.0 Å². The minimum Gasteiger partial charge on any atom is -0.445 e. The van der Waals surface area contributed by atoms with Crippen LogP contribution in [-0.2, 0) is 16.1 Å². The number of likely N-dealkylation sites (tertiary alicyclic amines) is 1. The van der Waals surface area contributed by atoms with Gasteiger partial charge >= 0.3 is 6.09 Å². The Bertz CT molecular complexity index is 744. The number of halogens is 2. The Morgan fingerprint density at radius 1 is 1.24 bits per heavy atom. The smallest absolute Gasteiger partial charge is 0.410 e. The summed E-state index contributed by atoms with van der Waals surface area (Å²) in [4.78, 5) is 25.9. The van der Waals surface area contributed by atoms with Gasteiger partial charge in [-0.15, -0.1) is 0 Å². The molecule has 1 heterocycles. The van der Waals surface area contributed by atoms with Crippen molar-refractivity contribution in [1.82, 2.24) is 10.2 Å². The van der Waals surface area contributed by atoms with E-state index in [0.717, 1.165) is 11.8 Å². The van der Waals surface area contributed by atoms with E-state index in [9.17, 15) is 9.59 Å². The number of carbonyl (C=O) groups is 2. The van der Waals surface area contributed by atoms with Gasteiger partial charge in [0.15, 0.2) is 0 Å². The Balaban J connectivity index is 1.68. The Morgan fingerprint density at radius 2 is 1.90 bits per heavy atom. The third kappa shape index (κ3) is 7.91. The van der Waals surface area contributed by atoms with Crippen LogP contribution in [0, 0.1) is 5.41 Å².